The van der Waals surface area contributed by atoms with Gasteiger partial charge in [0.15, 0.2) is 0 Å². The van der Waals surface area contributed by atoms with E-state index >= 15 is 0 Å². The number of carbonyl (C=O) groups is 2. The second-order valence-corrected chi connectivity index (χ2v) is 9.32. The molecular formula is C24H24FN3O4S. The summed E-state index contributed by atoms with van der Waals surface area (Å²) in [5.74, 6) is -1.63. The first-order chi connectivity index (χ1) is 15.6. The summed E-state index contributed by atoms with van der Waals surface area (Å²) in [6.07, 6.45) is 0. The van der Waals surface area contributed by atoms with Crippen LogP contribution in [0.15, 0.2) is 71.6 Å². The van der Waals surface area contributed by atoms with Crippen molar-refractivity contribution in [2.24, 2.45) is 0 Å². The molecule has 2 amide bonds. The number of anilines is 2. The van der Waals surface area contributed by atoms with Crippen molar-refractivity contribution in [3.8, 4) is 0 Å². The van der Waals surface area contributed by atoms with Crippen LogP contribution < -0.4 is 10.0 Å². The van der Waals surface area contributed by atoms with Gasteiger partial charge in [-0.15, -0.1) is 0 Å². The predicted octanol–water partition coefficient (Wildman–Crippen LogP) is 3.95. The Morgan fingerprint density at radius 3 is 2.30 bits per heavy atom. The van der Waals surface area contributed by atoms with Gasteiger partial charge in [0.25, 0.3) is 15.9 Å². The standard InChI is InChI=1S/C24H24FN3O4S/c1-16-8-11-18(12-9-16)26-23(29)15-28(3)24(30)20-14-19(13-10-17(20)2)33(31,32)27-22-7-5-4-6-21(22)25/h4-14,27H,15H2,1-3H3,(H,26,29). The minimum Gasteiger partial charge on any atom is -0.332 e. The fourth-order valence-electron chi connectivity index (χ4n) is 3.08. The van der Waals surface area contributed by atoms with Crippen LogP contribution in [-0.4, -0.2) is 38.7 Å². The molecule has 3 aromatic carbocycles. The topological polar surface area (TPSA) is 95.6 Å². The van der Waals surface area contributed by atoms with Crippen LogP contribution in [0.4, 0.5) is 15.8 Å². The van der Waals surface area contributed by atoms with Crippen molar-refractivity contribution in [1.82, 2.24) is 4.90 Å². The lowest BCUT2D eigenvalue weighted by Gasteiger charge is -2.19. The van der Waals surface area contributed by atoms with Gasteiger partial charge in [-0.25, -0.2) is 12.8 Å². The summed E-state index contributed by atoms with van der Waals surface area (Å²) >= 11 is 0. The maximum atomic E-state index is 13.9. The molecule has 9 heteroatoms. The molecule has 0 spiro atoms. The molecule has 0 aromatic heterocycles. The molecule has 33 heavy (non-hydrogen) atoms. The molecule has 0 aliphatic rings. The fourth-order valence-corrected chi connectivity index (χ4v) is 4.17. The number of likely N-dealkylation sites (N-methyl/N-ethyl adjacent to an activating group) is 1. The smallest absolute Gasteiger partial charge is 0.262 e. The van der Waals surface area contributed by atoms with E-state index in [-0.39, 0.29) is 22.7 Å². The zero-order chi connectivity index (χ0) is 24.2. The van der Waals surface area contributed by atoms with E-state index in [2.05, 4.69) is 10.0 Å². The number of carbonyl (C=O) groups excluding carboxylic acids is 2. The lowest BCUT2D eigenvalue weighted by Crippen LogP contribution is -2.35. The van der Waals surface area contributed by atoms with E-state index < -0.39 is 27.7 Å². The monoisotopic (exact) mass is 469 g/mol. The zero-order valence-corrected chi connectivity index (χ0v) is 19.2. The SMILES string of the molecule is Cc1ccc(NC(=O)CN(C)C(=O)c2cc(S(=O)(=O)Nc3ccccc3F)ccc2C)cc1. The number of rotatable bonds is 7. The lowest BCUT2D eigenvalue weighted by atomic mass is 10.1. The Morgan fingerprint density at radius 1 is 0.970 bits per heavy atom. The summed E-state index contributed by atoms with van der Waals surface area (Å²) in [4.78, 5) is 26.3. The van der Waals surface area contributed by atoms with Crippen LogP contribution in [0.3, 0.4) is 0 Å². The Morgan fingerprint density at radius 2 is 1.64 bits per heavy atom. The van der Waals surface area contributed by atoms with Crippen molar-refractivity contribution in [2.75, 3.05) is 23.6 Å². The Bertz CT molecular complexity index is 1290. The van der Waals surface area contributed by atoms with Gasteiger partial charge in [-0.1, -0.05) is 35.9 Å². The molecule has 0 fully saturated rings. The van der Waals surface area contributed by atoms with Crippen molar-refractivity contribution in [2.45, 2.75) is 18.7 Å². The Kier molecular flexibility index (Phi) is 7.13. The number of hydrogen-bond donors (Lipinski definition) is 2. The van der Waals surface area contributed by atoms with Crippen LogP contribution in [0.25, 0.3) is 0 Å². The predicted molar refractivity (Wildman–Crippen MR) is 125 cm³/mol. The zero-order valence-electron chi connectivity index (χ0n) is 18.4. The van der Waals surface area contributed by atoms with Crippen LogP contribution in [-0.2, 0) is 14.8 Å². The minimum absolute atomic E-state index is 0.122. The lowest BCUT2D eigenvalue weighted by molar-refractivity contribution is -0.116. The van der Waals surface area contributed by atoms with Gasteiger partial charge in [-0.2, -0.15) is 0 Å². The van der Waals surface area contributed by atoms with E-state index in [0.717, 1.165) is 11.6 Å². The normalized spacial score (nSPS) is 11.0. The van der Waals surface area contributed by atoms with Gasteiger partial charge in [0.2, 0.25) is 5.91 Å². The molecule has 0 saturated carbocycles. The van der Waals surface area contributed by atoms with E-state index in [0.29, 0.717) is 11.3 Å². The molecule has 2 N–H and O–H groups in total. The van der Waals surface area contributed by atoms with E-state index in [1.165, 1.54) is 48.3 Å². The third-order valence-electron chi connectivity index (χ3n) is 4.93. The van der Waals surface area contributed by atoms with Gasteiger partial charge in [-0.3, -0.25) is 14.3 Å². The summed E-state index contributed by atoms with van der Waals surface area (Å²) in [5, 5.41) is 2.71. The van der Waals surface area contributed by atoms with Crippen molar-refractivity contribution in [1.29, 1.82) is 0 Å². The molecule has 0 aliphatic heterocycles. The number of halogens is 1. The number of para-hydroxylation sites is 1. The number of aryl methyl sites for hydroxylation is 2. The molecule has 0 heterocycles. The van der Waals surface area contributed by atoms with Gasteiger partial charge >= 0.3 is 0 Å². The first kappa shape index (κ1) is 23.9. The van der Waals surface area contributed by atoms with E-state index in [9.17, 15) is 22.4 Å². The van der Waals surface area contributed by atoms with Crippen LogP contribution in [0.1, 0.15) is 21.5 Å². The summed E-state index contributed by atoms with van der Waals surface area (Å²) < 4.78 is 41.6. The second kappa shape index (κ2) is 9.83. The number of hydrogen-bond acceptors (Lipinski definition) is 4. The van der Waals surface area contributed by atoms with Crippen LogP contribution >= 0.6 is 0 Å². The Balaban J connectivity index is 1.76. The van der Waals surface area contributed by atoms with E-state index in [1.807, 2.05) is 19.1 Å². The Labute approximate surface area is 192 Å². The highest BCUT2D eigenvalue weighted by atomic mass is 32.2. The average molecular weight is 470 g/mol. The molecule has 0 unspecified atom stereocenters. The van der Waals surface area contributed by atoms with Crippen molar-refractivity contribution in [3.63, 3.8) is 0 Å². The molecule has 0 aliphatic carbocycles. The van der Waals surface area contributed by atoms with Gasteiger partial charge in [0, 0.05) is 18.3 Å². The molecular weight excluding hydrogens is 445 g/mol. The highest BCUT2D eigenvalue weighted by Crippen LogP contribution is 2.22. The summed E-state index contributed by atoms with van der Waals surface area (Å²) in [7, 11) is -2.69. The first-order valence-electron chi connectivity index (χ1n) is 10.1. The van der Waals surface area contributed by atoms with E-state index in [4.69, 9.17) is 0 Å². The number of benzene rings is 3. The molecule has 0 radical (unpaired) electrons. The summed E-state index contributed by atoms with van der Waals surface area (Å²) in [6.45, 7) is 3.37. The molecule has 0 bridgehead atoms. The van der Waals surface area contributed by atoms with Gasteiger partial charge < -0.3 is 10.2 Å². The number of sulfonamides is 1. The van der Waals surface area contributed by atoms with Gasteiger partial charge in [0.05, 0.1) is 17.1 Å². The second-order valence-electron chi connectivity index (χ2n) is 7.64. The minimum atomic E-state index is -4.14. The highest BCUT2D eigenvalue weighted by Gasteiger charge is 2.22. The quantitative estimate of drug-likeness (QED) is 0.548. The molecule has 3 aromatic rings. The highest BCUT2D eigenvalue weighted by molar-refractivity contribution is 7.92. The molecule has 7 nitrogen and oxygen atoms in total. The number of nitrogens with zero attached hydrogens (tertiary/aromatic N) is 1. The molecule has 3 rings (SSSR count). The number of nitrogens with one attached hydrogen (secondary N) is 2. The van der Waals surface area contributed by atoms with Crippen molar-refractivity contribution >= 4 is 33.2 Å². The number of amides is 2. The van der Waals surface area contributed by atoms with Crippen LogP contribution in [0.2, 0.25) is 0 Å². The molecule has 172 valence electrons. The van der Waals surface area contributed by atoms with Crippen molar-refractivity contribution < 1.29 is 22.4 Å². The Hall–Kier alpha value is -3.72. The average Bonchev–Trinajstić information content (AvgIpc) is 2.76. The van der Waals surface area contributed by atoms with Crippen molar-refractivity contribution in [3.05, 3.63) is 89.2 Å². The van der Waals surface area contributed by atoms with Gasteiger partial charge in [-0.05, 0) is 55.8 Å². The maximum absolute atomic E-state index is 13.9. The summed E-state index contributed by atoms with van der Waals surface area (Å²) in [5.41, 5.74) is 2.12. The van der Waals surface area contributed by atoms with E-state index in [1.54, 1.807) is 19.1 Å². The molecule has 0 atom stereocenters. The maximum Gasteiger partial charge on any atom is 0.262 e. The third-order valence-corrected chi connectivity index (χ3v) is 6.29. The third kappa shape index (κ3) is 5.95. The van der Waals surface area contributed by atoms with Crippen LogP contribution in [0, 0.1) is 19.7 Å². The first-order valence-corrected chi connectivity index (χ1v) is 11.5. The van der Waals surface area contributed by atoms with Gasteiger partial charge in [0.1, 0.15) is 5.82 Å². The molecule has 0 saturated heterocycles. The summed E-state index contributed by atoms with van der Waals surface area (Å²) in [6, 6.07) is 16.7. The fraction of sp³-hybridized carbons (Fsp3) is 0.167. The van der Waals surface area contributed by atoms with Crippen LogP contribution in [0.5, 0.6) is 0 Å². The largest absolute Gasteiger partial charge is 0.332 e.